The normalized spacial score (nSPS) is 10.9. The molecule has 112 valence electrons. The van der Waals surface area contributed by atoms with E-state index in [2.05, 4.69) is 10.1 Å². The van der Waals surface area contributed by atoms with Gasteiger partial charge in [0.1, 0.15) is 0 Å². The van der Waals surface area contributed by atoms with Gasteiger partial charge >= 0.3 is 5.97 Å². The van der Waals surface area contributed by atoms with Gasteiger partial charge in [0, 0.05) is 17.5 Å². The molecule has 0 aliphatic carbocycles. The second-order valence-corrected chi connectivity index (χ2v) is 4.70. The zero-order chi connectivity index (χ0) is 15.9. The van der Waals surface area contributed by atoms with Gasteiger partial charge in [-0.2, -0.15) is 0 Å². The molecular formula is C18H17NO3. The molecule has 2 aromatic rings. The van der Waals surface area contributed by atoms with Crippen LogP contribution in [0.4, 0.5) is 5.69 Å². The van der Waals surface area contributed by atoms with Crippen molar-refractivity contribution in [2.24, 2.45) is 0 Å². The third-order valence-electron chi connectivity index (χ3n) is 3.13. The van der Waals surface area contributed by atoms with Gasteiger partial charge in [0.2, 0.25) is 0 Å². The molecule has 1 N–H and O–H groups in total. The number of nitrogens with one attached hydrogen (secondary N) is 1. The lowest BCUT2D eigenvalue weighted by Gasteiger charge is -2.07. The summed E-state index contributed by atoms with van der Waals surface area (Å²) < 4.78 is 4.69. The molecule has 0 atom stereocenters. The van der Waals surface area contributed by atoms with Crippen molar-refractivity contribution in [1.82, 2.24) is 0 Å². The maximum atomic E-state index is 11.8. The molecule has 0 aromatic heterocycles. The molecule has 2 aromatic carbocycles. The molecule has 0 aliphatic rings. The molecule has 0 heterocycles. The average molecular weight is 295 g/mol. The highest BCUT2D eigenvalue weighted by molar-refractivity contribution is 6.19. The summed E-state index contributed by atoms with van der Waals surface area (Å²) in [5.41, 5.74) is 2.57. The number of carbonyl (C=O) groups excluding carboxylic acids is 2. The summed E-state index contributed by atoms with van der Waals surface area (Å²) in [5, 5.41) is 3.05. The molecule has 0 unspecified atom stereocenters. The number of allylic oxidation sites excluding steroid dienone is 1. The lowest BCUT2D eigenvalue weighted by atomic mass is 10.0. The Hall–Kier alpha value is -2.88. The Morgan fingerprint density at radius 1 is 1.00 bits per heavy atom. The monoisotopic (exact) mass is 295 g/mol. The van der Waals surface area contributed by atoms with E-state index in [4.69, 9.17) is 0 Å². The van der Waals surface area contributed by atoms with E-state index >= 15 is 0 Å². The molecule has 4 heteroatoms. The summed E-state index contributed by atoms with van der Waals surface area (Å²) in [6.07, 6.45) is 1.65. The summed E-state index contributed by atoms with van der Waals surface area (Å²) in [6, 6.07) is 16.3. The molecule has 0 amide bonds. The highest BCUT2D eigenvalue weighted by Gasteiger charge is 2.08. The van der Waals surface area contributed by atoms with Crippen molar-refractivity contribution in [3.8, 4) is 0 Å². The Kier molecular flexibility index (Phi) is 5.09. The second-order valence-electron chi connectivity index (χ2n) is 4.70. The lowest BCUT2D eigenvalue weighted by molar-refractivity contribution is -0.111. The fraction of sp³-hybridized carbons (Fsp3) is 0.111. The van der Waals surface area contributed by atoms with Gasteiger partial charge in [-0.3, -0.25) is 4.79 Å². The number of Topliss-reactive ketones (excluding diaryl/α,β-unsaturated/α-hetero) is 1. The molecule has 22 heavy (non-hydrogen) atoms. The van der Waals surface area contributed by atoms with Crippen molar-refractivity contribution in [2.45, 2.75) is 6.92 Å². The zero-order valence-electron chi connectivity index (χ0n) is 12.5. The fourth-order valence-corrected chi connectivity index (χ4v) is 2.02. The first kappa shape index (κ1) is 15.5. The van der Waals surface area contributed by atoms with Gasteiger partial charge in [0.05, 0.1) is 12.7 Å². The Balaban J connectivity index is 2.25. The topological polar surface area (TPSA) is 55.4 Å². The highest BCUT2D eigenvalue weighted by atomic mass is 16.5. The summed E-state index contributed by atoms with van der Waals surface area (Å²) in [7, 11) is 1.34. The Morgan fingerprint density at radius 3 is 2.32 bits per heavy atom. The van der Waals surface area contributed by atoms with Crippen LogP contribution in [-0.4, -0.2) is 18.9 Å². The first-order valence-electron chi connectivity index (χ1n) is 6.83. The van der Waals surface area contributed by atoms with Gasteiger partial charge in [-0.1, -0.05) is 36.4 Å². The molecule has 0 fully saturated rings. The predicted molar refractivity (Wildman–Crippen MR) is 86.5 cm³/mol. The first-order chi connectivity index (χ1) is 10.6. The smallest absolute Gasteiger partial charge is 0.337 e. The molecule has 0 spiro atoms. The van der Waals surface area contributed by atoms with Gasteiger partial charge in [-0.05, 0) is 30.7 Å². The fourth-order valence-electron chi connectivity index (χ4n) is 2.02. The number of methoxy groups -OCH3 is 1. The number of hydrogen-bond donors (Lipinski definition) is 1. The summed E-state index contributed by atoms with van der Waals surface area (Å²) in [6.45, 7) is 1.52. The molecule has 0 saturated heterocycles. The van der Waals surface area contributed by atoms with Crippen LogP contribution in [0.5, 0.6) is 0 Å². The first-order valence-corrected chi connectivity index (χ1v) is 6.83. The average Bonchev–Trinajstić information content (AvgIpc) is 2.55. The van der Waals surface area contributed by atoms with E-state index in [1.165, 1.54) is 14.0 Å². The van der Waals surface area contributed by atoms with Crippen LogP contribution in [0, 0.1) is 0 Å². The maximum absolute atomic E-state index is 11.8. The van der Waals surface area contributed by atoms with Crippen molar-refractivity contribution in [1.29, 1.82) is 0 Å². The summed E-state index contributed by atoms with van der Waals surface area (Å²) >= 11 is 0. The van der Waals surface area contributed by atoms with Crippen molar-refractivity contribution in [3.05, 3.63) is 71.9 Å². The SMILES string of the molecule is COC(=O)c1cccc(N/C=C(\C(C)=O)c2ccccc2)c1. The molecule has 2 rings (SSSR count). The van der Waals surface area contributed by atoms with E-state index in [0.29, 0.717) is 16.8 Å². The van der Waals surface area contributed by atoms with Crippen molar-refractivity contribution < 1.29 is 14.3 Å². The number of ketones is 1. The van der Waals surface area contributed by atoms with Gasteiger partial charge < -0.3 is 10.1 Å². The summed E-state index contributed by atoms with van der Waals surface area (Å²) in [4.78, 5) is 23.3. The van der Waals surface area contributed by atoms with Crippen LogP contribution in [0.25, 0.3) is 5.57 Å². The van der Waals surface area contributed by atoms with Gasteiger partial charge in [0.25, 0.3) is 0 Å². The largest absolute Gasteiger partial charge is 0.465 e. The van der Waals surface area contributed by atoms with Gasteiger partial charge in [-0.15, -0.1) is 0 Å². The van der Waals surface area contributed by atoms with Crippen molar-refractivity contribution >= 4 is 23.0 Å². The van der Waals surface area contributed by atoms with E-state index in [0.717, 1.165) is 5.56 Å². The van der Waals surface area contributed by atoms with Crippen LogP contribution in [0.2, 0.25) is 0 Å². The van der Waals surface area contributed by atoms with Gasteiger partial charge in [-0.25, -0.2) is 4.79 Å². The minimum atomic E-state index is -0.400. The van der Waals surface area contributed by atoms with Crippen LogP contribution in [0.3, 0.4) is 0 Å². The van der Waals surface area contributed by atoms with Crippen LogP contribution in [0.1, 0.15) is 22.8 Å². The molecule has 0 radical (unpaired) electrons. The molecule has 0 saturated carbocycles. The number of carbonyl (C=O) groups is 2. The number of rotatable bonds is 5. The Labute approximate surface area is 129 Å². The minimum absolute atomic E-state index is 0.0391. The maximum Gasteiger partial charge on any atom is 0.337 e. The van der Waals surface area contributed by atoms with E-state index in [9.17, 15) is 9.59 Å². The standard InChI is InChI=1S/C18H17NO3/c1-13(20)17(14-7-4-3-5-8-14)12-19-16-10-6-9-15(11-16)18(21)22-2/h3-12,19H,1-2H3/b17-12+. The number of anilines is 1. The Bertz CT molecular complexity index is 705. The zero-order valence-corrected chi connectivity index (χ0v) is 12.5. The van der Waals surface area contributed by atoms with E-state index in [-0.39, 0.29) is 5.78 Å². The molecule has 4 nitrogen and oxygen atoms in total. The molecule has 0 aliphatic heterocycles. The van der Waals surface area contributed by atoms with Crippen LogP contribution in [-0.2, 0) is 9.53 Å². The summed E-state index contributed by atoms with van der Waals surface area (Å²) in [5.74, 6) is -0.440. The number of hydrogen-bond acceptors (Lipinski definition) is 4. The van der Waals surface area contributed by atoms with E-state index < -0.39 is 5.97 Å². The molecular weight excluding hydrogens is 278 g/mol. The lowest BCUT2D eigenvalue weighted by Crippen LogP contribution is -2.03. The van der Waals surface area contributed by atoms with E-state index in [1.54, 1.807) is 24.4 Å². The minimum Gasteiger partial charge on any atom is -0.465 e. The number of ether oxygens (including phenoxy) is 1. The molecule has 0 bridgehead atoms. The quantitative estimate of drug-likeness (QED) is 0.677. The van der Waals surface area contributed by atoms with Crippen LogP contribution in [0.15, 0.2) is 60.8 Å². The predicted octanol–water partition coefficient (Wildman–Crippen LogP) is 3.52. The Morgan fingerprint density at radius 2 is 1.68 bits per heavy atom. The number of benzene rings is 2. The third kappa shape index (κ3) is 3.82. The highest BCUT2D eigenvalue weighted by Crippen LogP contribution is 2.17. The third-order valence-corrected chi connectivity index (χ3v) is 3.13. The van der Waals surface area contributed by atoms with Crippen LogP contribution < -0.4 is 5.32 Å². The van der Waals surface area contributed by atoms with Crippen molar-refractivity contribution in [3.63, 3.8) is 0 Å². The van der Waals surface area contributed by atoms with Gasteiger partial charge in [0.15, 0.2) is 5.78 Å². The van der Waals surface area contributed by atoms with Crippen LogP contribution >= 0.6 is 0 Å². The van der Waals surface area contributed by atoms with Crippen molar-refractivity contribution in [2.75, 3.05) is 12.4 Å². The second kappa shape index (κ2) is 7.22. The number of esters is 1. The van der Waals surface area contributed by atoms with E-state index in [1.807, 2.05) is 36.4 Å².